The molecule has 4 N–H and O–H groups in total. The van der Waals surface area contributed by atoms with Crippen molar-refractivity contribution < 1.29 is 15.0 Å². The zero-order valence-corrected chi connectivity index (χ0v) is 12.7. The summed E-state index contributed by atoms with van der Waals surface area (Å²) in [5.41, 5.74) is 6.55. The van der Waals surface area contributed by atoms with Crippen LogP contribution < -0.4 is 5.73 Å². The van der Waals surface area contributed by atoms with Gasteiger partial charge in [-0.3, -0.25) is 9.78 Å². The number of amides is 1. The van der Waals surface area contributed by atoms with Gasteiger partial charge < -0.3 is 15.9 Å². The first kappa shape index (κ1) is 17.6. The first-order chi connectivity index (χ1) is 10.1. The van der Waals surface area contributed by atoms with Gasteiger partial charge in [-0.15, -0.1) is 0 Å². The van der Waals surface area contributed by atoms with Crippen LogP contribution in [0.4, 0.5) is 0 Å². The van der Waals surface area contributed by atoms with Gasteiger partial charge in [0.05, 0.1) is 5.69 Å². The summed E-state index contributed by atoms with van der Waals surface area (Å²) < 4.78 is 0. The van der Waals surface area contributed by atoms with Crippen molar-refractivity contribution >= 4 is 5.91 Å². The summed E-state index contributed by atoms with van der Waals surface area (Å²) in [6.45, 7) is 1.87. The van der Waals surface area contributed by atoms with Crippen LogP contribution in [0.5, 0.6) is 0 Å². The van der Waals surface area contributed by atoms with E-state index in [1.807, 2.05) is 12.1 Å². The molecular weight excluding hydrogens is 268 g/mol. The van der Waals surface area contributed by atoms with Crippen molar-refractivity contribution in [2.75, 3.05) is 6.61 Å². The third-order valence-corrected chi connectivity index (χ3v) is 3.56. The van der Waals surface area contributed by atoms with Gasteiger partial charge in [0.25, 0.3) is 0 Å². The Labute approximate surface area is 126 Å². The van der Waals surface area contributed by atoms with Crippen molar-refractivity contribution in [1.82, 2.24) is 4.98 Å². The molecule has 1 heterocycles. The molecule has 2 unspecified atom stereocenters. The lowest BCUT2D eigenvalue weighted by Crippen LogP contribution is -2.24. The van der Waals surface area contributed by atoms with Gasteiger partial charge in [0, 0.05) is 24.6 Å². The lowest BCUT2D eigenvalue weighted by Gasteiger charge is -2.19. The minimum Gasteiger partial charge on any atom is -0.396 e. The molecule has 118 valence electrons. The first-order valence-electron chi connectivity index (χ1n) is 7.61. The van der Waals surface area contributed by atoms with E-state index in [1.165, 1.54) is 19.3 Å². The highest BCUT2D eigenvalue weighted by Crippen LogP contribution is 2.23. The maximum Gasteiger partial charge on any atom is 0.217 e. The van der Waals surface area contributed by atoms with E-state index in [1.54, 1.807) is 6.07 Å². The van der Waals surface area contributed by atoms with E-state index in [9.17, 15) is 15.0 Å². The van der Waals surface area contributed by atoms with Gasteiger partial charge in [-0.2, -0.15) is 0 Å². The Morgan fingerprint density at radius 1 is 1.33 bits per heavy atom. The third-order valence-electron chi connectivity index (χ3n) is 3.56. The Bertz CT molecular complexity index is 437. The smallest absolute Gasteiger partial charge is 0.217 e. The molecule has 0 spiro atoms. The normalized spacial score (nSPS) is 13.9. The summed E-state index contributed by atoms with van der Waals surface area (Å²) in [6.07, 6.45) is 4.50. The number of aryl methyl sites for hydroxylation is 1. The molecule has 0 aromatic carbocycles. The Hall–Kier alpha value is -1.46. The predicted molar refractivity (Wildman–Crippen MR) is 81.4 cm³/mol. The molecule has 0 saturated carbocycles. The Morgan fingerprint density at radius 3 is 2.71 bits per heavy atom. The van der Waals surface area contributed by atoms with Crippen LogP contribution in [0.25, 0.3) is 0 Å². The average molecular weight is 294 g/mol. The van der Waals surface area contributed by atoms with Crippen LogP contribution >= 0.6 is 0 Å². The molecule has 1 aromatic rings. The number of aliphatic hydroxyl groups is 2. The number of hydrogen-bond acceptors (Lipinski definition) is 4. The maximum absolute atomic E-state index is 11.0. The van der Waals surface area contributed by atoms with Gasteiger partial charge >= 0.3 is 0 Å². The number of pyridine rings is 1. The molecule has 1 amide bonds. The average Bonchev–Trinajstić information content (AvgIpc) is 2.48. The molecule has 0 saturated heterocycles. The molecule has 0 fully saturated rings. The molecule has 0 aliphatic carbocycles. The maximum atomic E-state index is 11.0. The molecular formula is C16H26N2O3. The van der Waals surface area contributed by atoms with E-state index in [-0.39, 0.29) is 13.0 Å². The largest absolute Gasteiger partial charge is 0.396 e. The van der Waals surface area contributed by atoms with Gasteiger partial charge in [0.15, 0.2) is 0 Å². The quantitative estimate of drug-likeness (QED) is 0.572. The van der Waals surface area contributed by atoms with Crippen molar-refractivity contribution in [3.63, 3.8) is 0 Å². The molecule has 0 aliphatic rings. The van der Waals surface area contributed by atoms with Gasteiger partial charge in [-0.1, -0.05) is 32.3 Å². The number of carbonyl (C=O) groups is 1. The summed E-state index contributed by atoms with van der Waals surface area (Å²) in [4.78, 5) is 15.4. The zero-order chi connectivity index (χ0) is 15.7. The molecule has 0 radical (unpaired) electrons. The number of nitrogens with zero attached hydrogens (tertiary/aromatic N) is 1. The van der Waals surface area contributed by atoms with E-state index in [0.29, 0.717) is 5.69 Å². The highest BCUT2D eigenvalue weighted by atomic mass is 16.3. The molecule has 21 heavy (non-hydrogen) atoms. The van der Waals surface area contributed by atoms with E-state index >= 15 is 0 Å². The van der Waals surface area contributed by atoms with Gasteiger partial charge in [0.2, 0.25) is 5.91 Å². The van der Waals surface area contributed by atoms with E-state index in [0.717, 1.165) is 18.5 Å². The number of hydrogen-bond donors (Lipinski definition) is 3. The highest BCUT2D eigenvalue weighted by molar-refractivity contribution is 5.74. The number of primary amides is 1. The van der Waals surface area contributed by atoms with Crippen LogP contribution in [0.15, 0.2) is 18.2 Å². The SMILES string of the molecule is CCCCCCc1cccc(C(O)C(CO)CC(N)=O)n1. The summed E-state index contributed by atoms with van der Waals surface area (Å²) in [7, 11) is 0. The van der Waals surface area contributed by atoms with E-state index in [4.69, 9.17) is 5.73 Å². The van der Waals surface area contributed by atoms with E-state index in [2.05, 4.69) is 11.9 Å². The van der Waals surface area contributed by atoms with Crippen LogP contribution in [0.2, 0.25) is 0 Å². The summed E-state index contributed by atoms with van der Waals surface area (Å²) in [6, 6.07) is 5.49. The number of rotatable bonds is 10. The van der Waals surface area contributed by atoms with Crippen LogP contribution in [0.1, 0.15) is 56.5 Å². The third kappa shape index (κ3) is 6.23. The fourth-order valence-corrected chi connectivity index (χ4v) is 2.31. The second-order valence-corrected chi connectivity index (χ2v) is 5.42. The number of aliphatic hydroxyl groups excluding tert-OH is 2. The summed E-state index contributed by atoms with van der Waals surface area (Å²) >= 11 is 0. The van der Waals surface area contributed by atoms with Crippen LogP contribution in [-0.4, -0.2) is 27.7 Å². The Morgan fingerprint density at radius 2 is 2.10 bits per heavy atom. The monoisotopic (exact) mass is 294 g/mol. The number of aromatic nitrogens is 1. The lowest BCUT2D eigenvalue weighted by atomic mass is 9.96. The minimum atomic E-state index is -0.974. The molecule has 2 atom stereocenters. The standard InChI is InChI=1S/C16H26N2O3/c1-2-3-4-5-7-13-8-6-9-14(18-13)16(21)12(11-19)10-15(17)20/h6,8-9,12,16,19,21H,2-5,7,10-11H2,1H3,(H2,17,20). The Balaban J connectivity index is 2.66. The van der Waals surface area contributed by atoms with Gasteiger partial charge in [-0.25, -0.2) is 0 Å². The van der Waals surface area contributed by atoms with Crippen molar-refractivity contribution in [1.29, 1.82) is 0 Å². The molecule has 0 aliphatic heterocycles. The second-order valence-electron chi connectivity index (χ2n) is 5.42. The fraction of sp³-hybridized carbons (Fsp3) is 0.625. The zero-order valence-electron chi connectivity index (χ0n) is 12.7. The fourth-order valence-electron chi connectivity index (χ4n) is 2.31. The van der Waals surface area contributed by atoms with Gasteiger partial charge in [0.1, 0.15) is 6.10 Å². The molecule has 1 rings (SSSR count). The molecule has 5 heteroatoms. The van der Waals surface area contributed by atoms with Crippen molar-refractivity contribution in [3.05, 3.63) is 29.6 Å². The minimum absolute atomic E-state index is 0.0555. The van der Waals surface area contributed by atoms with Crippen molar-refractivity contribution in [2.24, 2.45) is 11.7 Å². The van der Waals surface area contributed by atoms with Crippen LogP contribution in [0.3, 0.4) is 0 Å². The molecule has 5 nitrogen and oxygen atoms in total. The number of carbonyl (C=O) groups excluding carboxylic acids is 1. The van der Waals surface area contributed by atoms with Crippen LogP contribution in [0, 0.1) is 5.92 Å². The van der Waals surface area contributed by atoms with Crippen molar-refractivity contribution in [2.45, 2.75) is 51.6 Å². The van der Waals surface area contributed by atoms with Crippen LogP contribution in [-0.2, 0) is 11.2 Å². The lowest BCUT2D eigenvalue weighted by molar-refractivity contribution is -0.120. The second kappa shape index (κ2) is 9.47. The molecule has 0 bridgehead atoms. The van der Waals surface area contributed by atoms with E-state index < -0.39 is 17.9 Å². The predicted octanol–water partition coefficient (Wildman–Crippen LogP) is 1.72. The van der Waals surface area contributed by atoms with Crippen molar-refractivity contribution in [3.8, 4) is 0 Å². The topological polar surface area (TPSA) is 96.4 Å². The highest BCUT2D eigenvalue weighted by Gasteiger charge is 2.23. The number of nitrogens with two attached hydrogens (primary N) is 1. The number of unbranched alkanes of at least 4 members (excludes halogenated alkanes) is 3. The molecule has 1 aromatic heterocycles. The van der Waals surface area contributed by atoms with Gasteiger partial charge in [-0.05, 0) is 25.0 Å². The summed E-state index contributed by atoms with van der Waals surface area (Å²) in [5.74, 6) is -1.14. The first-order valence-corrected chi connectivity index (χ1v) is 7.61. The Kier molecular flexibility index (Phi) is 7.93. The summed E-state index contributed by atoms with van der Waals surface area (Å²) in [5, 5.41) is 19.5.